The van der Waals surface area contributed by atoms with Gasteiger partial charge < -0.3 is 0 Å². The average molecular weight is 184 g/mol. The molecule has 1 aromatic rings. The van der Waals surface area contributed by atoms with Gasteiger partial charge in [-0.2, -0.15) is 0 Å². The fourth-order valence-corrected chi connectivity index (χ4v) is 1.65. The van der Waals surface area contributed by atoms with Crippen molar-refractivity contribution < 1.29 is 4.79 Å². The van der Waals surface area contributed by atoms with Crippen molar-refractivity contribution in [1.82, 2.24) is 0 Å². The number of ketones is 1. The lowest BCUT2D eigenvalue weighted by molar-refractivity contribution is -0.114. The molecule has 2 rings (SSSR count). The van der Waals surface area contributed by atoms with E-state index in [2.05, 4.69) is 6.58 Å². The molecule has 1 aromatic carbocycles. The minimum atomic E-state index is 0.221. The standard InChI is InChI=1S/C13H12O/c1-10-7-12(13(14)8-10)9-11-5-3-2-4-6-11/h2-6,9H,1,7-8H2/b12-9+. The molecule has 0 amide bonds. The number of Topliss-reactive ketones (excluding diaryl/α,β-unsaturated/α-hetero) is 1. The molecule has 0 aliphatic heterocycles. The average Bonchev–Trinajstić information content (AvgIpc) is 2.47. The summed E-state index contributed by atoms with van der Waals surface area (Å²) in [7, 11) is 0. The van der Waals surface area contributed by atoms with E-state index < -0.39 is 0 Å². The Bertz CT molecular complexity index is 399. The zero-order valence-corrected chi connectivity index (χ0v) is 7.99. The molecule has 1 aliphatic carbocycles. The first kappa shape index (κ1) is 8.95. The number of hydrogen-bond acceptors (Lipinski definition) is 1. The number of carbonyl (C=O) groups is 1. The summed E-state index contributed by atoms with van der Waals surface area (Å²) in [5.74, 6) is 0.221. The second-order valence-corrected chi connectivity index (χ2v) is 3.61. The van der Waals surface area contributed by atoms with Crippen LogP contribution in [0.5, 0.6) is 0 Å². The van der Waals surface area contributed by atoms with Gasteiger partial charge in [0.1, 0.15) is 0 Å². The van der Waals surface area contributed by atoms with Crippen molar-refractivity contribution in [3.63, 3.8) is 0 Å². The Morgan fingerprint density at radius 2 is 1.86 bits per heavy atom. The summed E-state index contributed by atoms with van der Waals surface area (Å²) in [5.41, 5.74) is 3.00. The van der Waals surface area contributed by atoms with Crippen molar-refractivity contribution in [2.45, 2.75) is 12.8 Å². The molecule has 14 heavy (non-hydrogen) atoms. The van der Waals surface area contributed by atoms with Crippen LogP contribution in [0, 0.1) is 0 Å². The summed E-state index contributed by atoms with van der Waals surface area (Å²) in [4.78, 5) is 11.5. The number of allylic oxidation sites excluding steroid dienone is 2. The lowest BCUT2D eigenvalue weighted by atomic mass is 10.1. The summed E-state index contributed by atoms with van der Waals surface area (Å²) in [6.07, 6.45) is 3.23. The van der Waals surface area contributed by atoms with E-state index in [4.69, 9.17) is 0 Å². The normalized spacial score (nSPS) is 19.3. The van der Waals surface area contributed by atoms with Crippen LogP contribution < -0.4 is 0 Å². The summed E-state index contributed by atoms with van der Waals surface area (Å²) in [6, 6.07) is 9.92. The maximum Gasteiger partial charge on any atom is 0.163 e. The molecular weight excluding hydrogens is 172 g/mol. The van der Waals surface area contributed by atoms with Crippen LogP contribution in [0.1, 0.15) is 18.4 Å². The summed E-state index contributed by atoms with van der Waals surface area (Å²) in [6.45, 7) is 3.83. The highest BCUT2D eigenvalue weighted by Gasteiger charge is 2.19. The molecule has 0 saturated heterocycles. The molecule has 1 saturated carbocycles. The van der Waals surface area contributed by atoms with Crippen LogP contribution in [0.4, 0.5) is 0 Å². The van der Waals surface area contributed by atoms with Crippen LogP contribution in [0.3, 0.4) is 0 Å². The van der Waals surface area contributed by atoms with E-state index in [0.717, 1.165) is 23.1 Å². The highest BCUT2D eigenvalue weighted by atomic mass is 16.1. The molecule has 1 aliphatic rings. The van der Waals surface area contributed by atoms with Gasteiger partial charge in [0.2, 0.25) is 0 Å². The van der Waals surface area contributed by atoms with Gasteiger partial charge >= 0.3 is 0 Å². The largest absolute Gasteiger partial charge is 0.294 e. The van der Waals surface area contributed by atoms with Crippen molar-refractivity contribution in [3.8, 4) is 0 Å². The van der Waals surface area contributed by atoms with E-state index in [0.29, 0.717) is 6.42 Å². The predicted molar refractivity (Wildman–Crippen MR) is 57.8 cm³/mol. The molecule has 70 valence electrons. The van der Waals surface area contributed by atoms with E-state index in [1.165, 1.54) is 0 Å². The zero-order valence-electron chi connectivity index (χ0n) is 7.99. The van der Waals surface area contributed by atoms with Gasteiger partial charge in [0.15, 0.2) is 5.78 Å². The Morgan fingerprint density at radius 1 is 1.14 bits per heavy atom. The maximum atomic E-state index is 11.5. The van der Waals surface area contributed by atoms with Crippen LogP contribution >= 0.6 is 0 Å². The second-order valence-electron chi connectivity index (χ2n) is 3.61. The first-order valence-corrected chi connectivity index (χ1v) is 4.71. The highest BCUT2D eigenvalue weighted by Crippen LogP contribution is 2.26. The molecule has 0 aromatic heterocycles. The number of benzene rings is 1. The molecule has 1 nitrogen and oxygen atoms in total. The molecule has 0 heterocycles. The van der Waals surface area contributed by atoms with Gasteiger partial charge in [-0.25, -0.2) is 0 Å². The topological polar surface area (TPSA) is 17.1 Å². The van der Waals surface area contributed by atoms with Gasteiger partial charge in [-0.1, -0.05) is 42.5 Å². The van der Waals surface area contributed by atoms with Gasteiger partial charge in [-0.15, -0.1) is 0 Å². The highest BCUT2D eigenvalue weighted by molar-refractivity contribution is 6.04. The second kappa shape index (κ2) is 3.62. The summed E-state index contributed by atoms with van der Waals surface area (Å²) < 4.78 is 0. The molecule has 0 radical (unpaired) electrons. The third-order valence-electron chi connectivity index (χ3n) is 2.35. The van der Waals surface area contributed by atoms with E-state index in [1.54, 1.807) is 0 Å². The fourth-order valence-electron chi connectivity index (χ4n) is 1.65. The number of rotatable bonds is 1. The van der Waals surface area contributed by atoms with Crippen LogP contribution in [-0.4, -0.2) is 5.78 Å². The van der Waals surface area contributed by atoms with Crippen LogP contribution in [0.2, 0.25) is 0 Å². The zero-order chi connectivity index (χ0) is 9.97. The molecule has 0 atom stereocenters. The monoisotopic (exact) mass is 184 g/mol. The Labute approximate surface area is 83.8 Å². The van der Waals surface area contributed by atoms with E-state index in [1.807, 2.05) is 36.4 Å². The summed E-state index contributed by atoms with van der Waals surface area (Å²) >= 11 is 0. The van der Waals surface area contributed by atoms with Crippen molar-refractivity contribution in [2.24, 2.45) is 0 Å². The smallest absolute Gasteiger partial charge is 0.163 e. The van der Waals surface area contributed by atoms with Gasteiger partial charge in [0, 0.05) is 12.0 Å². The summed E-state index contributed by atoms with van der Waals surface area (Å²) in [5, 5.41) is 0. The first-order chi connectivity index (χ1) is 6.75. The van der Waals surface area contributed by atoms with Crippen molar-refractivity contribution >= 4 is 11.9 Å². The molecule has 1 heteroatoms. The SMILES string of the molecule is C=C1CC(=O)/C(=C/c2ccccc2)C1. The van der Waals surface area contributed by atoms with Gasteiger partial charge in [0.25, 0.3) is 0 Å². The van der Waals surface area contributed by atoms with Crippen LogP contribution in [0.15, 0.2) is 48.1 Å². The Kier molecular flexibility index (Phi) is 2.32. The third kappa shape index (κ3) is 1.82. The van der Waals surface area contributed by atoms with Crippen LogP contribution in [0.25, 0.3) is 6.08 Å². The minimum Gasteiger partial charge on any atom is -0.294 e. The van der Waals surface area contributed by atoms with Crippen molar-refractivity contribution in [2.75, 3.05) is 0 Å². The fraction of sp³-hybridized carbons (Fsp3) is 0.154. The Balaban J connectivity index is 2.28. The third-order valence-corrected chi connectivity index (χ3v) is 2.35. The quantitative estimate of drug-likeness (QED) is 0.484. The molecule has 0 N–H and O–H groups in total. The van der Waals surface area contributed by atoms with Crippen molar-refractivity contribution in [1.29, 1.82) is 0 Å². The molecule has 1 fully saturated rings. The maximum absolute atomic E-state index is 11.5. The Hall–Kier alpha value is -1.63. The van der Waals surface area contributed by atoms with Gasteiger partial charge in [-0.05, 0) is 18.1 Å². The van der Waals surface area contributed by atoms with Gasteiger partial charge in [0.05, 0.1) is 0 Å². The lowest BCUT2D eigenvalue weighted by Crippen LogP contribution is -1.90. The molecule has 0 spiro atoms. The Morgan fingerprint density at radius 3 is 2.43 bits per heavy atom. The lowest BCUT2D eigenvalue weighted by Gasteiger charge is -1.94. The first-order valence-electron chi connectivity index (χ1n) is 4.71. The van der Waals surface area contributed by atoms with Crippen LogP contribution in [-0.2, 0) is 4.79 Å². The number of hydrogen-bond donors (Lipinski definition) is 0. The van der Waals surface area contributed by atoms with E-state index >= 15 is 0 Å². The van der Waals surface area contributed by atoms with Crippen molar-refractivity contribution in [3.05, 3.63) is 53.6 Å². The van der Waals surface area contributed by atoms with E-state index in [-0.39, 0.29) is 5.78 Å². The molecule has 0 bridgehead atoms. The molecule has 0 unspecified atom stereocenters. The van der Waals surface area contributed by atoms with Gasteiger partial charge in [-0.3, -0.25) is 4.79 Å². The predicted octanol–water partition coefficient (Wildman–Crippen LogP) is 2.99. The number of carbonyl (C=O) groups excluding carboxylic acids is 1. The minimum absolute atomic E-state index is 0.221. The molecular formula is C13H12O. The van der Waals surface area contributed by atoms with E-state index in [9.17, 15) is 4.79 Å².